The summed E-state index contributed by atoms with van der Waals surface area (Å²) in [6, 6.07) is 2.36. The quantitative estimate of drug-likeness (QED) is 0.241. The van der Waals surface area contributed by atoms with Gasteiger partial charge in [0.2, 0.25) is 8.32 Å². The van der Waals surface area contributed by atoms with Crippen LogP contribution in [-0.4, -0.2) is 46.9 Å². The lowest BCUT2D eigenvalue weighted by molar-refractivity contribution is 0.0523. The lowest BCUT2D eigenvalue weighted by atomic mass is 10.2. The van der Waals surface area contributed by atoms with E-state index in [0.717, 1.165) is 38.1 Å². The van der Waals surface area contributed by atoms with Crippen LogP contribution in [0.15, 0.2) is 0 Å². The van der Waals surface area contributed by atoms with Crippen LogP contribution in [0.25, 0.3) is 0 Å². The van der Waals surface area contributed by atoms with Crippen LogP contribution in [0, 0.1) is 0 Å². The van der Waals surface area contributed by atoms with Gasteiger partial charge in [-0.25, -0.2) is 0 Å². The fourth-order valence-electron chi connectivity index (χ4n) is 5.37. The standard InChI is InChI=1S/C23H54O3Si3/c1-12-17-21-28(8,9)25-23(15-4,16-5)29(10,11)26-22(13-2,14-3)27(6,7)20-18-19-24/h24H,12-21H2,1-11H3. The first-order valence-corrected chi connectivity index (χ1v) is 21.5. The summed E-state index contributed by atoms with van der Waals surface area (Å²) in [6.07, 6.45) is 7.59. The van der Waals surface area contributed by atoms with E-state index in [4.69, 9.17) is 8.85 Å². The van der Waals surface area contributed by atoms with Crippen LogP contribution in [0.4, 0.5) is 0 Å². The zero-order valence-electron chi connectivity index (χ0n) is 21.8. The van der Waals surface area contributed by atoms with Gasteiger partial charge < -0.3 is 14.0 Å². The second-order valence-corrected chi connectivity index (χ2v) is 24.2. The molecule has 0 radical (unpaired) electrons. The second kappa shape index (κ2) is 12.0. The summed E-state index contributed by atoms with van der Waals surface area (Å²) in [7, 11) is -5.60. The molecule has 0 bridgehead atoms. The Morgan fingerprint density at radius 3 is 1.52 bits per heavy atom. The third-order valence-electron chi connectivity index (χ3n) is 7.63. The Balaban J connectivity index is 6.01. The summed E-state index contributed by atoms with van der Waals surface area (Å²) < 4.78 is 14.6. The Morgan fingerprint density at radius 1 is 0.655 bits per heavy atom. The zero-order valence-corrected chi connectivity index (χ0v) is 24.8. The molecule has 0 atom stereocenters. The Labute approximate surface area is 186 Å². The molecule has 0 aliphatic heterocycles. The van der Waals surface area contributed by atoms with Crippen molar-refractivity contribution in [2.75, 3.05) is 6.61 Å². The van der Waals surface area contributed by atoms with Crippen LogP contribution in [-0.2, 0) is 8.85 Å². The maximum absolute atomic E-state index is 9.45. The molecule has 0 aromatic heterocycles. The van der Waals surface area contributed by atoms with Crippen LogP contribution >= 0.6 is 0 Å². The molecule has 176 valence electrons. The van der Waals surface area contributed by atoms with Crippen molar-refractivity contribution in [3.8, 4) is 0 Å². The van der Waals surface area contributed by atoms with Crippen molar-refractivity contribution in [1.29, 1.82) is 0 Å². The maximum Gasteiger partial charge on any atom is 0.217 e. The summed E-state index contributed by atoms with van der Waals surface area (Å²) >= 11 is 0. The van der Waals surface area contributed by atoms with E-state index in [9.17, 15) is 5.11 Å². The van der Waals surface area contributed by atoms with Gasteiger partial charge in [-0.3, -0.25) is 0 Å². The second-order valence-electron chi connectivity index (χ2n) is 10.7. The molecule has 0 spiro atoms. The highest BCUT2D eigenvalue weighted by atomic mass is 28.4. The van der Waals surface area contributed by atoms with Crippen molar-refractivity contribution >= 4 is 24.7 Å². The number of rotatable bonds is 16. The first kappa shape index (κ1) is 29.5. The van der Waals surface area contributed by atoms with Crippen LogP contribution in [0.2, 0.25) is 51.4 Å². The largest absolute Gasteiger partial charge is 0.412 e. The SMILES string of the molecule is CCCC[Si](C)(C)OC(CC)(CC)[Si](C)(C)OC(CC)(CC)[Si](C)(C)CCCO. The predicted octanol–water partition coefficient (Wildman–Crippen LogP) is 7.52. The molecule has 3 nitrogen and oxygen atoms in total. The molecular formula is C23H54O3Si3. The van der Waals surface area contributed by atoms with Gasteiger partial charge >= 0.3 is 0 Å². The summed E-state index contributed by atoms with van der Waals surface area (Å²) in [5, 5.41) is 9.30. The molecule has 0 aromatic rings. The predicted molar refractivity (Wildman–Crippen MR) is 137 cm³/mol. The Hall–Kier alpha value is 0.531. The molecule has 29 heavy (non-hydrogen) atoms. The van der Waals surface area contributed by atoms with E-state index < -0.39 is 24.7 Å². The van der Waals surface area contributed by atoms with Gasteiger partial charge in [0.05, 0.1) is 13.3 Å². The van der Waals surface area contributed by atoms with Crippen molar-refractivity contribution in [2.24, 2.45) is 0 Å². The molecule has 0 saturated heterocycles. The van der Waals surface area contributed by atoms with Gasteiger partial charge in [0.1, 0.15) is 0 Å². The number of unbranched alkanes of at least 4 members (excludes halogenated alkanes) is 1. The van der Waals surface area contributed by atoms with E-state index in [-0.39, 0.29) is 17.1 Å². The normalized spacial score (nSPS) is 14.5. The molecule has 0 unspecified atom stereocenters. The number of hydrogen-bond acceptors (Lipinski definition) is 3. The monoisotopic (exact) mass is 462 g/mol. The molecule has 0 saturated carbocycles. The summed E-state index contributed by atoms with van der Waals surface area (Å²) in [5.74, 6) is 0. The summed E-state index contributed by atoms with van der Waals surface area (Å²) in [5.41, 5.74) is 0. The van der Waals surface area contributed by atoms with E-state index in [1.165, 1.54) is 18.9 Å². The molecule has 6 heteroatoms. The van der Waals surface area contributed by atoms with E-state index in [2.05, 4.69) is 73.9 Å². The minimum Gasteiger partial charge on any atom is -0.412 e. The zero-order chi connectivity index (χ0) is 23.0. The van der Waals surface area contributed by atoms with Gasteiger partial charge in [-0.1, -0.05) is 66.6 Å². The van der Waals surface area contributed by atoms with E-state index in [1.54, 1.807) is 0 Å². The maximum atomic E-state index is 9.45. The highest BCUT2D eigenvalue weighted by molar-refractivity contribution is 6.83. The van der Waals surface area contributed by atoms with Crippen molar-refractivity contribution in [2.45, 2.75) is 141 Å². The number of hydrogen-bond donors (Lipinski definition) is 1. The van der Waals surface area contributed by atoms with Gasteiger partial charge in [0, 0.05) is 11.8 Å². The first-order valence-electron chi connectivity index (χ1n) is 12.3. The third-order valence-corrected chi connectivity index (χ3v) is 19.3. The molecular weight excluding hydrogens is 409 g/mol. The van der Waals surface area contributed by atoms with Crippen molar-refractivity contribution < 1.29 is 14.0 Å². The number of aliphatic hydroxyl groups excluding tert-OH is 1. The summed E-state index contributed by atoms with van der Waals surface area (Å²) in [4.78, 5) is 0. The third kappa shape index (κ3) is 7.28. The van der Waals surface area contributed by atoms with Gasteiger partial charge in [-0.2, -0.15) is 0 Å². The fraction of sp³-hybridized carbons (Fsp3) is 1.00. The van der Waals surface area contributed by atoms with E-state index in [0.29, 0.717) is 0 Å². The lowest BCUT2D eigenvalue weighted by Gasteiger charge is -2.55. The fourth-order valence-corrected chi connectivity index (χ4v) is 18.3. The molecule has 0 rings (SSSR count). The average molecular weight is 463 g/mol. The summed E-state index contributed by atoms with van der Waals surface area (Å²) in [6.45, 7) is 26.4. The Morgan fingerprint density at radius 2 is 1.14 bits per heavy atom. The molecule has 0 heterocycles. The van der Waals surface area contributed by atoms with Crippen LogP contribution in [0.1, 0.15) is 79.6 Å². The average Bonchev–Trinajstić information content (AvgIpc) is 2.66. The van der Waals surface area contributed by atoms with Crippen LogP contribution in [0.3, 0.4) is 0 Å². The Bertz CT molecular complexity index is 456. The highest BCUT2D eigenvalue weighted by Gasteiger charge is 2.56. The molecule has 0 aromatic carbocycles. The van der Waals surface area contributed by atoms with Crippen LogP contribution < -0.4 is 0 Å². The molecule has 1 N–H and O–H groups in total. The van der Waals surface area contributed by atoms with Gasteiger partial charge in [-0.15, -0.1) is 0 Å². The van der Waals surface area contributed by atoms with E-state index >= 15 is 0 Å². The van der Waals surface area contributed by atoms with Crippen molar-refractivity contribution in [3.05, 3.63) is 0 Å². The topological polar surface area (TPSA) is 38.7 Å². The van der Waals surface area contributed by atoms with Crippen molar-refractivity contribution in [1.82, 2.24) is 0 Å². The number of aliphatic hydroxyl groups is 1. The highest BCUT2D eigenvalue weighted by Crippen LogP contribution is 2.44. The molecule has 0 amide bonds. The van der Waals surface area contributed by atoms with Gasteiger partial charge in [0.15, 0.2) is 8.32 Å². The lowest BCUT2D eigenvalue weighted by Crippen LogP contribution is -2.68. The minimum atomic E-state index is -2.17. The smallest absolute Gasteiger partial charge is 0.217 e. The first-order chi connectivity index (χ1) is 13.3. The van der Waals surface area contributed by atoms with Crippen LogP contribution in [0.5, 0.6) is 0 Å². The van der Waals surface area contributed by atoms with E-state index in [1.807, 2.05) is 0 Å². The van der Waals surface area contributed by atoms with Gasteiger partial charge in [0.25, 0.3) is 0 Å². The minimum absolute atomic E-state index is 0.0358. The van der Waals surface area contributed by atoms with Crippen molar-refractivity contribution in [3.63, 3.8) is 0 Å². The Kier molecular flexibility index (Phi) is 12.2. The molecule has 0 aliphatic carbocycles. The molecule has 0 fully saturated rings. The van der Waals surface area contributed by atoms with Gasteiger partial charge in [-0.05, 0) is 64.3 Å². The molecule has 0 aliphatic rings.